The van der Waals surface area contributed by atoms with Crippen molar-refractivity contribution in [3.63, 3.8) is 0 Å². The van der Waals surface area contributed by atoms with E-state index in [1.54, 1.807) is 12.3 Å². The van der Waals surface area contributed by atoms with E-state index in [2.05, 4.69) is 47.4 Å². The summed E-state index contributed by atoms with van der Waals surface area (Å²) in [5.41, 5.74) is 7.29. The standard InChI is InChI=1S/C29H19Cl2N2S/c30-24-13-14-28(27(31)18-24)34-33-29-25(20-8-3-1-4-9-20)16-23(22-12-7-15-32-19-22)17-26(29)21-10-5-2-6-11-21/h1-19H. The van der Waals surface area contributed by atoms with Crippen LogP contribution in [0.4, 0.5) is 5.69 Å². The third-order valence-corrected chi connectivity index (χ3v) is 6.89. The first kappa shape index (κ1) is 22.5. The highest BCUT2D eigenvalue weighted by molar-refractivity contribution is 7.97. The van der Waals surface area contributed by atoms with E-state index in [9.17, 15) is 0 Å². The Kier molecular flexibility index (Phi) is 6.87. The summed E-state index contributed by atoms with van der Waals surface area (Å²) in [6.45, 7) is 0. The lowest BCUT2D eigenvalue weighted by Gasteiger charge is -2.18. The van der Waals surface area contributed by atoms with E-state index in [0.717, 1.165) is 44.0 Å². The van der Waals surface area contributed by atoms with E-state index in [1.165, 1.54) is 11.9 Å². The maximum Gasteiger partial charge on any atom is 0.0874 e. The Morgan fingerprint density at radius 3 is 1.79 bits per heavy atom. The van der Waals surface area contributed by atoms with Gasteiger partial charge in [-0.25, -0.2) is 4.72 Å². The fourth-order valence-corrected chi connectivity index (χ4v) is 4.93. The van der Waals surface area contributed by atoms with Crippen LogP contribution in [0.1, 0.15) is 0 Å². The normalized spacial score (nSPS) is 10.8. The van der Waals surface area contributed by atoms with Crippen LogP contribution in [-0.2, 0) is 0 Å². The van der Waals surface area contributed by atoms with Crippen LogP contribution in [0.5, 0.6) is 0 Å². The highest BCUT2D eigenvalue weighted by Gasteiger charge is 2.17. The first-order valence-electron chi connectivity index (χ1n) is 10.7. The number of hydrogen-bond acceptors (Lipinski definition) is 2. The molecule has 0 saturated carbocycles. The minimum atomic E-state index is 0.579. The molecule has 0 aliphatic rings. The van der Waals surface area contributed by atoms with Crippen LogP contribution in [0.15, 0.2) is 120 Å². The largest absolute Gasteiger partial charge is 0.264 e. The van der Waals surface area contributed by atoms with E-state index in [0.29, 0.717) is 10.0 Å². The average Bonchev–Trinajstić information content (AvgIpc) is 2.89. The Labute approximate surface area is 213 Å². The summed E-state index contributed by atoms with van der Waals surface area (Å²) < 4.78 is 5.03. The summed E-state index contributed by atoms with van der Waals surface area (Å²) in [7, 11) is 0. The van der Waals surface area contributed by atoms with Crippen molar-refractivity contribution in [2.24, 2.45) is 0 Å². The molecule has 1 heterocycles. The predicted molar refractivity (Wildman–Crippen MR) is 145 cm³/mol. The molecule has 2 nitrogen and oxygen atoms in total. The first-order valence-corrected chi connectivity index (χ1v) is 12.2. The van der Waals surface area contributed by atoms with Gasteiger partial charge in [0, 0.05) is 51.0 Å². The van der Waals surface area contributed by atoms with Crippen molar-refractivity contribution in [1.29, 1.82) is 0 Å². The fourth-order valence-electron chi connectivity index (χ4n) is 3.75. The molecule has 0 saturated heterocycles. The molecule has 34 heavy (non-hydrogen) atoms. The second-order valence-corrected chi connectivity index (χ2v) is 9.30. The monoisotopic (exact) mass is 497 g/mol. The van der Waals surface area contributed by atoms with Crippen LogP contribution in [0.3, 0.4) is 0 Å². The molecule has 5 heteroatoms. The molecule has 1 radical (unpaired) electrons. The van der Waals surface area contributed by atoms with Gasteiger partial charge < -0.3 is 0 Å². The Morgan fingerprint density at radius 1 is 0.618 bits per heavy atom. The van der Waals surface area contributed by atoms with E-state index >= 15 is 0 Å². The number of aromatic nitrogens is 1. The molecule has 5 aromatic rings. The Morgan fingerprint density at radius 2 is 1.24 bits per heavy atom. The number of halogens is 2. The highest BCUT2D eigenvalue weighted by Crippen LogP contribution is 2.43. The SMILES string of the molecule is Clc1ccc(S[N]c2c(-c3ccccc3)cc(-c3cccnc3)cc2-c2ccccc2)c(Cl)c1. The van der Waals surface area contributed by atoms with Gasteiger partial charge in [-0.15, -0.1) is 0 Å². The van der Waals surface area contributed by atoms with Gasteiger partial charge in [0.2, 0.25) is 0 Å². The van der Waals surface area contributed by atoms with E-state index in [1.807, 2.05) is 60.8 Å². The van der Waals surface area contributed by atoms with Gasteiger partial charge in [-0.05, 0) is 53.1 Å². The molecule has 0 amide bonds. The molecule has 0 atom stereocenters. The molecular formula is C29H19Cl2N2S. The number of hydrogen-bond donors (Lipinski definition) is 0. The van der Waals surface area contributed by atoms with Crippen LogP contribution >= 0.6 is 35.1 Å². The molecule has 165 valence electrons. The molecule has 0 fully saturated rings. The predicted octanol–water partition coefficient (Wildman–Crippen LogP) is 9.33. The maximum atomic E-state index is 6.44. The van der Waals surface area contributed by atoms with Crippen molar-refractivity contribution in [3.05, 3.63) is 126 Å². The number of benzene rings is 4. The van der Waals surface area contributed by atoms with Crippen molar-refractivity contribution >= 4 is 40.8 Å². The van der Waals surface area contributed by atoms with Gasteiger partial charge in [-0.3, -0.25) is 4.98 Å². The fraction of sp³-hybridized carbons (Fsp3) is 0. The summed E-state index contributed by atoms with van der Waals surface area (Å²) in [6.07, 6.45) is 3.67. The molecule has 0 N–H and O–H groups in total. The van der Waals surface area contributed by atoms with Crippen molar-refractivity contribution in [3.8, 4) is 33.4 Å². The average molecular weight is 498 g/mol. The highest BCUT2D eigenvalue weighted by atomic mass is 35.5. The number of nitrogens with zero attached hydrogens (tertiary/aromatic N) is 2. The third kappa shape index (κ3) is 4.97. The summed E-state index contributed by atoms with van der Waals surface area (Å²) in [6, 6.07) is 34.5. The van der Waals surface area contributed by atoms with Crippen molar-refractivity contribution < 1.29 is 0 Å². The molecule has 0 aliphatic heterocycles. The zero-order chi connectivity index (χ0) is 23.3. The lowest BCUT2D eigenvalue weighted by atomic mass is 9.92. The number of rotatable bonds is 6. The molecule has 1 aromatic heterocycles. The maximum absolute atomic E-state index is 6.44. The Hall–Kier alpha value is -3.24. The third-order valence-electron chi connectivity index (χ3n) is 5.40. The lowest BCUT2D eigenvalue weighted by Crippen LogP contribution is -1.96. The summed E-state index contributed by atoms with van der Waals surface area (Å²) in [4.78, 5) is 5.18. The van der Waals surface area contributed by atoms with Crippen LogP contribution in [0.25, 0.3) is 33.4 Å². The second kappa shape index (κ2) is 10.4. The number of pyridine rings is 1. The summed E-state index contributed by atoms with van der Waals surface area (Å²) >= 11 is 13.9. The van der Waals surface area contributed by atoms with Crippen LogP contribution < -0.4 is 4.72 Å². The van der Waals surface area contributed by atoms with Gasteiger partial charge in [0.15, 0.2) is 0 Å². The minimum absolute atomic E-state index is 0.579. The van der Waals surface area contributed by atoms with Gasteiger partial charge >= 0.3 is 0 Å². The Bertz CT molecular complexity index is 1350. The smallest absolute Gasteiger partial charge is 0.0874 e. The zero-order valence-corrected chi connectivity index (χ0v) is 20.4. The minimum Gasteiger partial charge on any atom is -0.264 e. The molecule has 0 spiro atoms. The van der Waals surface area contributed by atoms with Gasteiger partial charge in [0.05, 0.1) is 10.7 Å². The first-order chi connectivity index (χ1) is 16.7. The summed E-state index contributed by atoms with van der Waals surface area (Å²) in [5.74, 6) is 0. The van der Waals surface area contributed by atoms with Crippen molar-refractivity contribution in [2.45, 2.75) is 4.90 Å². The molecule has 5 rings (SSSR count). The van der Waals surface area contributed by atoms with Gasteiger partial charge in [-0.2, -0.15) is 0 Å². The van der Waals surface area contributed by atoms with E-state index in [4.69, 9.17) is 27.9 Å². The van der Waals surface area contributed by atoms with Crippen LogP contribution in [0.2, 0.25) is 10.0 Å². The van der Waals surface area contributed by atoms with Gasteiger partial charge in [0.1, 0.15) is 0 Å². The Balaban J connectivity index is 1.70. The van der Waals surface area contributed by atoms with E-state index in [-0.39, 0.29) is 0 Å². The topological polar surface area (TPSA) is 27.0 Å². The second-order valence-electron chi connectivity index (χ2n) is 7.65. The summed E-state index contributed by atoms with van der Waals surface area (Å²) in [5, 5.41) is 1.18. The molecule has 0 aliphatic carbocycles. The van der Waals surface area contributed by atoms with E-state index < -0.39 is 0 Å². The quantitative estimate of drug-likeness (QED) is 0.218. The lowest BCUT2D eigenvalue weighted by molar-refractivity contribution is 1.32. The van der Waals surface area contributed by atoms with Gasteiger partial charge in [-0.1, -0.05) is 89.9 Å². The van der Waals surface area contributed by atoms with Crippen molar-refractivity contribution in [1.82, 2.24) is 9.71 Å². The molecule has 0 bridgehead atoms. The molecule has 0 unspecified atom stereocenters. The molecular weight excluding hydrogens is 479 g/mol. The van der Waals surface area contributed by atoms with Crippen LogP contribution in [0, 0.1) is 0 Å². The van der Waals surface area contributed by atoms with Crippen molar-refractivity contribution in [2.75, 3.05) is 0 Å². The molecule has 4 aromatic carbocycles. The zero-order valence-electron chi connectivity index (χ0n) is 18.0. The van der Waals surface area contributed by atoms with Crippen LogP contribution in [-0.4, -0.2) is 4.98 Å². The van der Waals surface area contributed by atoms with Gasteiger partial charge in [0.25, 0.3) is 0 Å².